The molecule has 3 atom stereocenters. The lowest BCUT2D eigenvalue weighted by Gasteiger charge is -2.14. The number of nitrogens with zero attached hydrogens (tertiary/aromatic N) is 1. The predicted octanol–water partition coefficient (Wildman–Crippen LogP) is -1.22. The van der Waals surface area contributed by atoms with E-state index < -0.39 is 29.7 Å². The fraction of sp³-hybridized carbons (Fsp3) is 0.556. The van der Waals surface area contributed by atoms with Crippen molar-refractivity contribution in [1.82, 2.24) is 9.55 Å². The van der Waals surface area contributed by atoms with Gasteiger partial charge in [0.25, 0.3) is 5.56 Å². The van der Waals surface area contributed by atoms with Gasteiger partial charge < -0.3 is 14.9 Å². The van der Waals surface area contributed by atoms with Crippen molar-refractivity contribution in [2.24, 2.45) is 0 Å². The second-order valence-electron chi connectivity index (χ2n) is 3.76. The quantitative estimate of drug-likeness (QED) is 0.580. The van der Waals surface area contributed by atoms with Gasteiger partial charge in [0.2, 0.25) is 0 Å². The summed E-state index contributed by atoms with van der Waals surface area (Å²) in [6, 6.07) is 0. The van der Waals surface area contributed by atoms with Gasteiger partial charge in [-0.25, -0.2) is 4.79 Å². The van der Waals surface area contributed by atoms with Crippen LogP contribution in [0.25, 0.3) is 0 Å². The van der Waals surface area contributed by atoms with Crippen molar-refractivity contribution in [3.05, 3.63) is 30.6 Å². The zero-order chi connectivity index (χ0) is 12.6. The summed E-state index contributed by atoms with van der Waals surface area (Å²) in [6.07, 6.45) is -0.607. The molecule has 2 rings (SSSR count). The molecule has 94 valence electrons. The normalized spacial score (nSPS) is 28.5. The maximum absolute atomic E-state index is 11.6. The van der Waals surface area contributed by atoms with Crippen LogP contribution < -0.4 is 11.2 Å². The van der Waals surface area contributed by atoms with Crippen LogP contribution in [0.3, 0.4) is 0 Å². The summed E-state index contributed by atoms with van der Waals surface area (Å²) < 4.78 is 6.89. The highest BCUT2D eigenvalue weighted by atomic mass is 123. The Morgan fingerprint density at radius 2 is 2.29 bits per heavy atom. The van der Waals surface area contributed by atoms with Crippen LogP contribution in [0.2, 0.25) is 0 Å². The van der Waals surface area contributed by atoms with E-state index in [9.17, 15) is 14.7 Å². The minimum absolute atomic E-state index is 0.202. The van der Waals surface area contributed by atoms with E-state index >= 15 is 0 Å². The highest BCUT2D eigenvalue weighted by Gasteiger charge is 2.34. The third kappa shape index (κ3) is 2.44. The Morgan fingerprint density at radius 3 is 2.88 bits per heavy atom. The lowest BCUT2D eigenvalue weighted by atomic mass is 10.2. The predicted molar refractivity (Wildman–Crippen MR) is 65.7 cm³/mol. The standard InChI is InChI=1S/C9H11IN2O5/c10-4-2-12(9(16)11-8(4)15)7-1-5(14)6(3-13)17-7/h2,5-7,13-14H,1,3H2,(H,11,15,16)/t5?,6-,7-/m1/s1/i10-4. The molecule has 1 unspecified atom stereocenters. The van der Waals surface area contributed by atoms with Gasteiger partial charge in [-0.1, -0.05) is 0 Å². The van der Waals surface area contributed by atoms with Gasteiger partial charge in [-0.3, -0.25) is 14.3 Å². The fourth-order valence-electron chi connectivity index (χ4n) is 1.72. The number of H-pyrrole nitrogens is 1. The first-order chi connectivity index (χ1) is 8.02. The van der Waals surface area contributed by atoms with Crippen LogP contribution in [0, 0.1) is 3.57 Å². The highest BCUT2D eigenvalue weighted by molar-refractivity contribution is 14.1. The number of hydrogen-bond donors (Lipinski definition) is 3. The summed E-state index contributed by atoms with van der Waals surface area (Å²) in [5.41, 5.74) is -1.05. The molecule has 0 aliphatic carbocycles. The number of aliphatic hydroxyl groups is 2. The van der Waals surface area contributed by atoms with E-state index in [0.717, 1.165) is 0 Å². The van der Waals surface area contributed by atoms with Gasteiger partial charge in [-0.2, -0.15) is 0 Å². The molecule has 0 spiro atoms. The van der Waals surface area contributed by atoms with E-state index in [0.29, 0.717) is 3.57 Å². The Hall–Kier alpha value is -0.710. The molecule has 3 N–H and O–H groups in total. The van der Waals surface area contributed by atoms with Gasteiger partial charge in [-0.15, -0.1) is 0 Å². The molecular formula is C9H11IN2O5. The topological polar surface area (TPSA) is 105 Å². The molecule has 2 heterocycles. The summed E-state index contributed by atoms with van der Waals surface area (Å²) in [6.45, 7) is -0.313. The van der Waals surface area contributed by atoms with Gasteiger partial charge >= 0.3 is 5.69 Å². The maximum atomic E-state index is 11.6. The molecule has 1 fully saturated rings. The SMILES string of the molecule is O=c1[nH]c(=O)n([C@H]2CC(O)[C@@H](CO)O2)cc1[123I]. The van der Waals surface area contributed by atoms with Gasteiger partial charge in [0.05, 0.1) is 16.3 Å². The van der Waals surface area contributed by atoms with E-state index in [1.807, 2.05) is 0 Å². The van der Waals surface area contributed by atoms with Crippen LogP contribution in [-0.4, -0.2) is 38.6 Å². The molecule has 8 heteroatoms. The molecule has 0 radical (unpaired) electrons. The van der Waals surface area contributed by atoms with Crippen molar-refractivity contribution in [3.63, 3.8) is 0 Å². The van der Waals surface area contributed by atoms with Gasteiger partial charge in [-0.05, 0) is 22.6 Å². The first kappa shape index (κ1) is 12.7. The number of aliphatic hydroxyl groups excluding tert-OH is 2. The molecule has 1 aromatic heterocycles. The smallest absolute Gasteiger partial charge is 0.330 e. The zero-order valence-electron chi connectivity index (χ0n) is 8.67. The van der Waals surface area contributed by atoms with Crippen molar-refractivity contribution >= 4 is 22.6 Å². The first-order valence-electron chi connectivity index (χ1n) is 4.98. The minimum Gasteiger partial charge on any atom is -0.394 e. The summed E-state index contributed by atoms with van der Waals surface area (Å²) in [5.74, 6) is 0. The van der Waals surface area contributed by atoms with Gasteiger partial charge in [0.1, 0.15) is 12.3 Å². The molecular weight excluding hydrogens is 339 g/mol. The molecule has 1 aliphatic heterocycles. The Labute approximate surface area is 109 Å². The molecule has 1 aromatic rings. The summed E-state index contributed by atoms with van der Waals surface area (Å²) in [5, 5.41) is 18.5. The molecule has 0 saturated carbocycles. The molecule has 0 aromatic carbocycles. The average Bonchev–Trinajstić information content (AvgIpc) is 2.65. The van der Waals surface area contributed by atoms with Crippen LogP contribution in [0.5, 0.6) is 0 Å². The lowest BCUT2D eigenvalue weighted by Crippen LogP contribution is -2.33. The summed E-state index contributed by atoms with van der Waals surface area (Å²) in [4.78, 5) is 24.9. The number of hydrogen-bond acceptors (Lipinski definition) is 5. The van der Waals surface area contributed by atoms with Crippen molar-refractivity contribution in [2.75, 3.05) is 6.61 Å². The fourth-order valence-corrected chi connectivity index (χ4v) is 2.16. The molecule has 0 bridgehead atoms. The number of nitrogens with one attached hydrogen (secondary N) is 1. The number of halogens is 1. The molecule has 17 heavy (non-hydrogen) atoms. The van der Waals surface area contributed by atoms with Crippen molar-refractivity contribution < 1.29 is 14.9 Å². The molecule has 1 aliphatic rings. The Morgan fingerprint density at radius 1 is 1.59 bits per heavy atom. The molecule has 0 amide bonds. The second kappa shape index (κ2) is 4.88. The molecule has 1 saturated heterocycles. The monoisotopic (exact) mass is 350 g/mol. The minimum atomic E-state index is -0.818. The van der Waals surface area contributed by atoms with Crippen LogP contribution >= 0.6 is 22.6 Å². The largest absolute Gasteiger partial charge is 0.394 e. The van der Waals surface area contributed by atoms with Crippen LogP contribution in [0.15, 0.2) is 15.8 Å². The van der Waals surface area contributed by atoms with Gasteiger partial charge in [0, 0.05) is 12.6 Å². The van der Waals surface area contributed by atoms with Gasteiger partial charge in [0.15, 0.2) is 0 Å². The maximum Gasteiger partial charge on any atom is 0.330 e. The lowest BCUT2D eigenvalue weighted by molar-refractivity contribution is -0.0459. The van der Waals surface area contributed by atoms with Crippen LogP contribution in [-0.2, 0) is 4.74 Å². The summed E-state index contributed by atoms with van der Waals surface area (Å²) >= 11 is 1.80. The number of aromatic nitrogens is 2. The second-order valence-corrected chi connectivity index (χ2v) is 4.92. The van der Waals surface area contributed by atoms with E-state index in [4.69, 9.17) is 9.84 Å². The Bertz CT molecular complexity index is 525. The Kier molecular flexibility index (Phi) is 3.66. The van der Waals surface area contributed by atoms with Crippen molar-refractivity contribution in [3.8, 4) is 0 Å². The average molecular weight is 350 g/mol. The third-order valence-corrected chi connectivity index (χ3v) is 3.39. The highest BCUT2D eigenvalue weighted by Crippen LogP contribution is 2.27. The van der Waals surface area contributed by atoms with Crippen LogP contribution in [0.4, 0.5) is 0 Å². The number of rotatable bonds is 2. The van der Waals surface area contributed by atoms with E-state index in [1.54, 1.807) is 22.6 Å². The number of aromatic amines is 1. The van der Waals surface area contributed by atoms with Crippen molar-refractivity contribution in [1.29, 1.82) is 0 Å². The van der Waals surface area contributed by atoms with E-state index in [1.165, 1.54) is 10.8 Å². The van der Waals surface area contributed by atoms with Crippen molar-refractivity contribution in [2.45, 2.75) is 24.9 Å². The Balaban J connectivity index is 2.34. The first-order valence-corrected chi connectivity index (χ1v) is 6.06. The summed E-state index contributed by atoms with van der Waals surface area (Å²) in [7, 11) is 0. The molecule has 7 nitrogen and oxygen atoms in total. The zero-order valence-corrected chi connectivity index (χ0v) is 10.8. The van der Waals surface area contributed by atoms with Crippen LogP contribution in [0.1, 0.15) is 12.6 Å². The van der Waals surface area contributed by atoms with E-state index in [2.05, 4.69) is 4.98 Å². The van der Waals surface area contributed by atoms with E-state index in [-0.39, 0.29) is 13.0 Å². The third-order valence-electron chi connectivity index (χ3n) is 2.62. The number of ether oxygens (including phenoxy) is 1.